The minimum absolute atomic E-state index is 0.0304. The number of benzene rings is 3. The fourth-order valence-corrected chi connectivity index (χ4v) is 4.47. The maximum atomic E-state index is 13.1. The molecule has 5 rings (SSSR count). The van der Waals surface area contributed by atoms with Gasteiger partial charge in [0.05, 0.1) is 6.04 Å². The molecular formula is C29H25FN2O4. The van der Waals surface area contributed by atoms with Crippen molar-refractivity contribution in [2.45, 2.75) is 26.0 Å². The van der Waals surface area contributed by atoms with Gasteiger partial charge in [-0.1, -0.05) is 36.4 Å². The number of hydrogen-bond acceptors (Lipinski definition) is 4. The Morgan fingerprint density at radius 1 is 1.03 bits per heavy atom. The molecule has 7 heteroatoms. The number of anilines is 1. The topological polar surface area (TPSA) is 71.8 Å². The monoisotopic (exact) mass is 484 g/mol. The van der Waals surface area contributed by atoms with E-state index in [1.165, 1.54) is 29.8 Å². The van der Waals surface area contributed by atoms with Crippen LogP contribution in [0.2, 0.25) is 0 Å². The number of ether oxygens (including phenoxy) is 1. The highest BCUT2D eigenvalue weighted by Crippen LogP contribution is 2.37. The smallest absolute Gasteiger partial charge is 0.291 e. The van der Waals surface area contributed by atoms with E-state index >= 15 is 0 Å². The minimum atomic E-state index is -0.434. The van der Waals surface area contributed by atoms with Crippen LogP contribution >= 0.6 is 0 Å². The second-order valence-corrected chi connectivity index (χ2v) is 8.65. The third-order valence-electron chi connectivity index (χ3n) is 6.23. The maximum Gasteiger partial charge on any atom is 0.291 e. The zero-order chi connectivity index (χ0) is 25.1. The summed E-state index contributed by atoms with van der Waals surface area (Å²) in [6.45, 7) is 2.40. The predicted molar refractivity (Wildman–Crippen MR) is 133 cm³/mol. The van der Waals surface area contributed by atoms with E-state index in [0.29, 0.717) is 23.7 Å². The van der Waals surface area contributed by atoms with Gasteiger partial charge >= 0.3 is 0 Å². The Labute approximate surface area is 208 Å². The van der Waals surface area contributed by atoms with E-state index in [1.807, 2.05) is 53.4 Å². The molecule has 0 aliphatic carbocycles. The van der Waals surface area contributed by atoms with Gasteiger partial charge in [0.25, 0.3) is 5.91 Å². The van der Waals surface area contributed by atoms with Gasteiger partial charge in [-0.2, -0.15) is 0 Å². The highest BCUT2D eigenvalue weighted by molar-refractivity contribution is 6.02. The summed E-state index contributed by atoms with van der Waals surface area (Å²) in [5.74, 6) is 0.483. The highest BCUT2D eigenvalue weighted by Gasteiger charge is 2.30. The zero-order valence-corrected chi connectivity index (χ0v) is 19.7. The Kier molecular flexibility index (Phi) is 6.54. The largest absolute Gasteiger partial charge is 0.486 e. The first-order valence-electron chi connectivity index (χ1n) is 11.7. The lowest BCUT2D eigenvalue weighted by atomic mass is 9.88. The van der Waals surface area contributed by atoms with Crippen LogP contribution in [0.1, 0.15) is 46.0 Å². The van der Waals surface area contributed by atoms with Crippen LogP contribution in [0.15, 0.2) is 89.3 Å². The standard InChI is InChI=1S/C29H25FN2O4/c1-19(33)32-16-15-20-7-12-24(17-26(20)28(32)21-5-3-2-4-6-21)35-18-25-13-14-27(36-25)29(34)31-23-10-8-22(30)9-11-23/h2-14,17,28H,15-16,18H2,1H3,(H,31,34)/t28-/m1/s1. The average molecular weight is 485 g/mol. The van der Waals surface area contributed by atoms with E-state index in [0.717, 1.165) is 17.5 Å². The summed E-state index contributed by atoms with van der Waals surface area (Å²) in [4.78, 5) is 26.7. The summed E-state index contributed by atoms with van der Waals surface area (Å²) >= 11 is 0. The van der Waals surface area contributed by atoms with Gasteiger partial charge in [-0.05, 0) is 71.6 Å². The van der Waals surface area contributed by atoms with Crippen LogP contribution in [0, 0.1) is 5.82 Å². The predicted octanol–water partition coefficient (Wildman–Crippen LogP) is 5.74. The van der Waals surface area contributed by atoms with Crippen molar-refractivity contribution in [3.8, 4) is 5.75 Å². The maximum absolute atomic E-state index is 13.1. The molecule has 2 heterocycles. The van der Waals surface area contributed by atoms with Gasteiger partial charge in [0.1, 0.15) is 23.9 Å². The average Bonchev–Trinajstić information content (AvgIpc) is 3.38. The van der Waals surface area contributed by atoms with Gasteiger partial charge in [0, 0.05) is 19.2 Å². The van der Waals surface area contributed by atoms with E-state index in [9.17, 15) is 14.0 Å². The number of nitrogens with one attached hydrogen (secondary N) is 1. The van der Waals surface area contributed by atoms with E-state index in [4.69, 9.17) is 9.15 Å². The number of nitrogens with zero attached hydrogens (tertiary/aromatic N) is 1. The number of carbonyl (C=O) groups is 2. The van der Waals surface area contributed by atoms with E-state index in [2.05, 4.69) is 5.32 Å². The molecule has 1 aliphatic rings. The van der Waals surface area contributed by atoms with Gasteiger partial charge in [-0.25, -0.2) is 4.39 Å². The van der Waals surface area contributed by atoms with Crippen LogP contribution in [0.25, 0.3) is 0 Å². The van der Waals surface area contributed by atoms with Crippen LogP contribution in [-0.4, -0.2) is 23.3 Å². The molecule has 0 radical (unpaired) electrons. The highest BCUT2D eigenvalue weighted by atomic mass is 19.1. The first-order valence-corrected chi connectivity index (χ1v) is 11.7. The molecule has 0 unspecified atom stereocenters. The van der Waals surface area contributed by atoms with Crippen molar-refractivity contribution >= 4 is 17.5 Å². The molecule has 1 aliphatic heterocycles. The van der Waals surface area contributed by atoms with Crippen molar-refractivity contribution in [2.75, 3.05) is 11.9 Å². The molecule has 1 aromatic heterocycles. The third-order valence-corrected chi connectivity index (χ3v) is 6.23. The van der Waals surface area contributed by atoms with Crippen LogP contribution in [0.3, 0.4) is 0 Å². The van der Waals surface area contributed by atoms with Crippen molar-refractivity contribution in [1.82, 2.24) is 4.90 Å². The van der Waals surface area contributed by atoms with Crippen LogP contribution in [0.4, 0.5) is 10.1 Å². The molecule has 36 heavy (non-hydrogen) atoms. The van der Waals surface area contributed by atoms with Crippen molar-refractivity contribution in [3.63, 3.8) is 0 Å². The molecular weight excluding hydrogens is 459 g/mol. The first kappa shape index (κ1) is 23.4. The molecule has 1 N–H and O–H groups in total. The summed E-state index contributed by atoms with van der Waals surface area (Å²) in [6.07, 6.45) is 0.781. The third kappa shape index (κ3) is 5.00. The Morgan fingerprint density at radius 2 is 1.81 bits per heavy atom. The minimum Gasteiger partial charge on any atom is -0.486 e. The number of halogens is 1. The Bertz CT molecular complexity index is 1380. The summed E-state index contributed by atoms with van der Waals surface area (Å²) in [5.41, 5.74) is 3.75. The normalized spacial score (nSPS) is 14.7. The quantitative estimate of drug-likeness (QED) is 0.379. The number of fused-ring (bicyclic) bond motifs is 1. The van der Waals surface area contributed by atoms with E-state index in [-0.39, 0.29) is 30.1 Å². The number of hydrogen-bond donors (Lipinski definition) is 1. The Balaban J connectivity index is 1.30. The van der Waals surface area contributed by atoms with Gasteiger partial charge in [0.15, 0.2) is 5.76 Å². The zero-order valence-electron chi connectivity index (χ0n) is 19.7. The van der Waals surface area contributed by atoms with Crippen molar-refractivity contribution in [3.05, 3.63) is 119 Å². The fourth-order valence-electron chi connectivity index (χ4n) is 4.47. The molecule has 2 amide bonds. The van der Waals surface area contributed by atoms with Gasteiger partial charge in [-0.3, -0.25) is 9.59 Å². The van der Waals surface area contributed by atoms with E-state index < -0.39 is 5.91 Å². The fraction of sp³-hybridized carbons (Fsp3) is 0.172. The molecule has 0 spiro atoms. The Hall–Kier alpha value is -4.39. The number of rotatable bonds is 6. The number of furan rings is 1. The molecule has 182 valence electrons. The lowest BCUT2D eigenvalue weighted by molar-refractivity contribution is -0.130. The molecule has 0 bridgehead atoms. The van der Waals surface area contributed by atoms with Crippen molar-refractivity contribution in [1.29, 1.82) is 0 Å². The molecule has 3 aromatic carbocycles. The second-order valence-electron chi connectivity index (χ2n) is 8.65. The summed E-state index contributed by atoms with van der Waals surface area (Å²) in [6, 6.07) is 24.5. The summed E-state index contributed by atoms with van der Waals surface area (Å²) < 4.78 is 24.7. The molecule has 0 saturated carbocycles. The summed E-state index contributed by atoms with van der Waals surface area (Å²) in [7, 11) is 0. The lowest BCUT2D eigenvalue weighted by Gasteiger charge is -2.37. The number of amides is 2. The Morgan fingerprint density at radius 3 is 2.56 bits per heavy atom. The molecule has 6 nitrogen and oxygen atoms in total. The first-order chi connectivity index (χ1) is 17.5. The SMILES string of the molecule is CC(=O)N1CCc2ccc(OCc3ccc(C(=O)Nc4ccc(F)cc4)o3)cc2[C@H]1c1ccccc1. The second kappa shape index (κ2) is 10.1. The molecule has 1 atom stereocenters. The molecule has 0 saturated heterocycles. The van der Waals surface area contributed by atoms with Crippen LogP contribution < -0.4 is 10.1 Å². The van der Waals surface area contributed by atoms with Crippen LogP contribution in [0.5, 0.6) is 5.75 Å². The lowest BCUT2D eigenvalue weighted by Crippen LogP contribution is -2.39. The molecule has 0 fully saturated rings. The van der Waals surface area contributed by atoms with Crippen LogP contribution in [-0.2, 0) is 17.8 Å². The van der Waals surface area contributed by atoms with Gasteiger partial charge in [0.2, 0.25) is 5.91 Å². The van der Waals surface area contributed by atoms with Gasteiger partial charge in [-0.15, -0.1) is 0 Å². The van der Waals surface area contributed by atoms with Crippen molar-refractivity contribution < 1.29 is 23.1 Å². The van der Waals surface area contributed by atoms with Gasteiger partial charge < -0.3 is 19.4 Å². The molecule has 4 aromatic rings. The van der Waals surface area contributed by atoms with E-state index in [1.54, 1.807) is 19.1 Å². The van der Waals surface area contributed by atoms with Crippen molar-refractivity contribution in [2.24, 2.45) is 0 Å². The number of carbonyl (C=O) groups excluding carboxylic acids is 2. The summed E-state index contributed by atoms with van der Waals surface area (Å²) in [5, 5.41) is 2.67.